The molecule has 3 aromatic rings. The molecule has 1 amide bonds. The number of nitrogens with one attached hydrogen (secondary N) is 1. The predicted octanol–water partition coefficient (Wildman–Crippen LogP) is 2.64. The van der Waals surface area contributed by atoms with Crippen LogP contribution in [0.5, 0.6) is 0 Å². The molecule has 0 saturated carbocycles. The van der Waals surface area contributed by atoms with Crippen molar-refractivity contribution in [2.75, 3.05) is 12.3 Å². The van der Waals surface area contributed by atoms with Gasteiger partial charge in [0, 0.05) is 23.3 Å². The third-order valence-electron chi connectivity index (χ3n) is 3.87. The van der Waals surface area contributed by atoms with Crippen molar-refractivity contribution in [2.45, 2.75) is 6.54 Å². The van der Waals surface area contributed by atoms with Gasteiger partial charge in [-0.3, -0.25) is 9.48 Å². The smallest absolute Gasteiger partial charge is 0.269 e. The number of carbonyl (C=O) groups excluding carboxylic acids is 1. The summed E-state index contributed by atoms with van der Waals surface area (Å²) in [5.41, 5.74) is 8.59. The van der Waals surface area contributed by atoms with Crippen LogP contribution in [0.15, 0.2) is 30.5 Å². The van der Waals surface area contributed by atoms with E-state index in [0.29, 0.717) is 57.3 Å². The average Bonchev–Trinajstić information content (AvgIpc) is 3.04. The lowest BCUT2D eigenvalue weighted by molar-refractivity contribution is 0.0924. The number of carbonyl (C=O) groups is 1. The first-order valence-corrected chi connectivity index (χ1v) is 8.23. The topological polar surface area (TPSA) is 98.7 Å². The van der Waals surface area contributed by atoms with Crippen LogP contribution in [0.3, 0.4) is 0 Å². The molecular formula is C16H12Cl2N6O. The second-order valence-corrected chi connectivity index (χ2v) is 6.35. The largest absolute Gasteiger partial charge is 0.397 e. The van der Waals surface area contributed by atoms with Crippen LogP contribution >= 0.6 is 23.2 Å². The van der Waals surface area contributed by atoms with Crippen LogP contribution in [0, 0.1) is 0 Å². The van der Waals surface area contributed by atoms with Crippen molar-refractivity contribution in [3.8, 4) is 22.8 Å². The third kappa shape index (κ3) is 2.81. The van der Waals surface area contributed by atoms with Crippen LogP contribution in [0.1, 0.15) is 10.5 Å². The van der Waals surface area contributed by atoms with Crippen molar-refractivity contribution in [3.05, 3.63) is 46.2 Å². The van der Waals surface area contributed by atoms with Crippen LogP contribution in [0.25, 0.3) is 22.8 Å². The monoisotopic (exact) mass is 374 g/mol. The Morgan fingerprint density at radius 3 is 2.84 bits per heavy atom. The van der Waals surface area contributed by atoms with Crippen molar-refractivity contribution < 1.29 is 4.79 Å². The van der Waals surface area contributed by atoms with Crippen molar-refractivity contribution >= 4 is 34.8 Å². The zero-order valence-corrected chi connectivity index (χ0v) is 14.3. The van der Waals surface area contributed by atoms with Gasteiger partial charge in [0.1, 0.15) is 11.4 Å². The molecule has 3 heterocycles. The van der Waals surface area contributed by atoms with Gasteiger partial charge in [-0.25, -0.2) is 9.97 Å². The summed E-state index contributed by atoms with van der Waals surface area (Å²) in [6.45, 7) is 1.18. The van der Waals surface area contributed by atoms with E-state index in [1.165, 1.54) is 0 Å². The summed E-state index contributed by atoms with van der Waals surface area (Å²) in [6.07, 6.45) is 1.60. The molecule has 4 rings (SSSR count). The van der Waals surface area contributed by atoms with Gasteiger partial charge in [-0.15, -0.1) is 0 Å². The molecule has 1 aliphatic heterocycles. The first-order chi connectivity index (χ1) is 12.0. The Balaban J connectivity index is 1.80. The highest BCUT2D eigenvalue weighted by molar-refractivity contribution is 6.37. The Labute approximate surface area is 152 Å². The molecule has 0 atom stereocenters. The number of hydrogen-bond donors (Lipinski definition) is 2. The zero-order chi connectivity index (χ0) is 17.6. The fraction of sp³-hybridized carbons (Fsp3) is 0.125. The molecule has 0 spiro atoms. The van der Waals surface area contributed by atoms with Crippen LogP contribution in [-0.4, -0.2) is 32.2 Å². The van der Waals surface area contributed by atoms with Crippen LogP contribution < -0.4 is 11.1 Å². The average molecular weight is 375 g/mol. The van der Waals surface area contributed by atoms with E-state index in [4.69, 9.17) is 28.9 Å². The molecule has 0 bridgehead atoms. The summed E-state index contributed by atoms with van der Waals surface area (Å²) in [5.74, 6) is 0.236. The first kappa shape index (κ1) is 15.9. The molecule has 1 aliphatic rings. The van der Waals surface area contributed by atoms with E-state index in [0.717, 1.165) is 0 Å². The fourth-order valence-corrected chi connectivity index (χ4v) is 3.16. The molecule has 1 aromatic carbocycles. The number of nitrogen functional groups attached to an aromatic ring is 1. The molecule has 2 aromatic heterocycles. The van der Waals surface area contributed by atoms with Gasteiger partial charge in [-0.05, 0) is 24.3 Å². The first-order valence-electron chi connectivity index (χ1n) is 7.47. The van der Waals surface area contributed by atoms with E-state index in [1.807, 2.05) is 0 Å². The minimum absolute atomic E-state index is 0.148. The van der Waals surface area contributed by atoms with Gasteiger partial charge in [-0.2, -0.15) is 5.10 Å². The lowest BCUT2D eigenvalue weighted by Gasteiger charge is -2.13. The van der Waals surface area contributed by atoms with Crippen LogP contribution in [0.2, 0.25) is 10.0 Å². The quantitative estimate of drug-likeness (QED) is 0.671. The maximum Gasteiger partial charge on any atom is 0.269 e. The van der Waals surface area contributed by atoms with E-state index >= 15 is 0 Å². The summed E-state index contributed by atoms with van der Waals surface area (Å²) in [7, 11) is 0. The van der Waals surface area contributed by atoms with Gasteiger partial charge in [0.2, 0.25) is 0 Å². The predicted molar refractivity (Wildman–Crippen MR) is 95.5 cm³/mol. The molecular weight excluding hydrogens is 363 g/mol. The summed E-state index contributed by atoms with van der Waals surface area (Å²) >= 11 is 12.1. The summed E-state index contributed by atoms with van der Waals surface area (Å²) in [4.78, 5) is 20.6. The Morgan fingerprint density at radius 2 is 2.04 bits per heavy atom. The molecule has 0 radical (unpaired) electrons. The molecule has 3 N–H and O–H groups in total. The third-order valence-corrected chi connectivity index (χ3v) is 4.41. The fourth-order valence-electron chi connectivity index (χ4n) is 2.66. The van der Waals surface area contributed by atoms with Gasteiger partial charge in [0.25, 0.3) is 5.91 Å². The van der Waals surface area contributed by atoms with Crippen LogP contribution in [0.4, 0.5) is 5.69 Å². The number of hydrogen-bond acceptors (Lipinski definition) is 5. The second-order valence-electron chi connectivity index (χ2n) is 5.51. The Morgan fingerprint density at radius 1 is 1.20 bits per heavy atom. The van der Waals surface area contributed by atoms with Crippen molar-refractivity contribution in [3.63, 3.8) is 0 Å². The van der Waals surface area contributed by atoms with E-state index in [-0.39, 0.29) is 5.91 Å². The Kier molecular flexibility index (Phi) is 3.82. The summed E-state index contributed by atoms with van der Waals surface area (Å²) in [5, 5.41) is 8.01. The standard InChI is InChI=1S/C16H12Cl2N6O/c17-8-5-9(14(19)10(18)6-8)15-20-2-1-11(22-15)12-7-13-16(25)21-3-4-24(13)23-12/h1-2,5-7H,3-4,19H2,(H,21,25). The highest BCUT2D eigenvalue weighted by Gasteiger charge is 2.21. The van der Waals surface area contributed by atoms with Gasteiger partial charge >= 0.3 is 0 Å². The Bertz CT molecular complexity index is 1000. The SMILES string of the molecule is Nc1c(Cl)cc(Cl)cc1-c1nccc(-c2cc3n(n2)CCNC3=O)n1. The number of fused-ring (bicyclic) bond motifs is 1. The molecule has 0 aliphatic carbocycles. The number of nitrogens with two attached hydrogens (primary N) is 1. The van der Waals surface area contributed by atoms with Crippen molar-refractivity contribution in [1.82, 2.24) is 25.1 Å². The molecule has 9 heteroatoms. The van der Waals surface area contributed by atoms with Crippen LogP contribution in [-0.2, 0) is 6.54 Å². The summed E-state index contributed by atoms with van der Waals surface area (Å²) in [6, 6.07) is 6.65. The normalized spacial score (nSPS) is 13.4. The van der Waals surface area contributed by atoms with Crippen molar-refractivity contribution in [2.24, 2.45) is 0 Å². The van der Waals surface area contributed by atoms with Gasteiger partial charge in [0.15, 0.2) is 5.82 Å². The zero-order valence-electron chi connectivity index (χ0n) is 12.8. The molecule has 7 nitrogen and oxygen atoms in total. The van der Waals surface area contributed by atoms with Gasteiger partial charge in [0.05, 0.1) is 22.9 Å². The maximum absolute atomic E-state index is 11.9. The van der Waals surface area contributed by atoms with Crippen molar-refractivity contribution in [1.29, 1.82) is 0 Å². The highest BCUT2D eigenvalue weighted by Crippen LogP contribution is 2.33. The van der Waals surface area contributed by atoms with Gasteiger partial charge < -0.3 is 11.1 Å². The molecule has 25 heavy (non-hydrogen) atoms. The molecule has 0 saturated heterocycles. The second kappa shape index (κ2) is 6.02. The number of halogens is 2. The van der Waals surface area contributed by atoms with E-state index < -0.39 is 0 Å². The van der Waals surface area contributed by atoms with E-state index in [1.54, 1.807) is 35.1 Å². The number of rotatable bonds is 2. The molecule has 0 fully saturated rings. The number of nitrogens with zero attached hydrogens (tertiary/aromatic N) is 4. The Hall–Kier alpha value is -2.64. The van der Waals surface area contributed by atoms with Gasteiger partial charge in [-0.1, -0.05) is 23.2 Å². The molecule has 0 unspecified atom stereocenters. The number of benzene rings is 1. The lowest BCUT2D eigenvalue weighted by atomic mass is 10.1. The summed E-state index contributed by atoms with van der Waals surface area (Å²) < 4.78 is 1.67. The van der Waals surface area contributed by atoms with E-state index in [9.17, 15) is 4.79 Å². The number of aromatic nitrogens is 4. The number of amides is 1. The minimum atomic E-state index is -0.148. The highest BCUT2D eigenvalue weighted by atomic mass is 35.5. The molecule has 126 valence electrons. The minimum Gasteiger partial charge on any atom is -0.397 e. The number of anilines is 1. The van der Waals surface area contributed by atoms with E-state index in [2.05, 4.69) is 20.4 Å². The lowest BCUT2D eigenvalue weighted by Crippen LogP contribution is -2.35. The maximum atomic E-state index is 11.9.